The van der Waals surface area contributed by atoms with Crippen molar-refractivity contribution in [1.29, 1.82) is 0 Å². The molecule has 0 saturated carbocycles. The Labute approximate surface area is 195 Å². The topological polar surface area (TPSA) is 105 Å². The summed E-state index contributed by atoms with van der Waals surface area (Å²) in [6.45, 7) is 1.80. The average Bonchev–Trinajstić information content (AvgIpc) is 3.14. The summed E-state index contributed by atoms with van der Waals surface area (Å²) in [6, 6.07) is 17.9. The lowest BCUT2D eigenvalue weighted by Gasteiger charge is -2.19. The molecule has 8 heteroatoms. The van der Waals surface area contributed by atoms with Crippen molar-refractivity contribution in [2.45, 2.75) is 25.3 Å². The number of carbonyl (C=O) groups is 3. The largest absolute Gasteiger partial charge is 0.478 e. The van der Waals surface area contributed by atoms with E-state index in [0.717, 1.165) is 40.5 Å². The Kier molecular flexibility index (Phi) is 6.58. The summed E-state index contributed by atoms with van der Waals surface area (Å²) >= 11 is 0. The van der Waals surface area contributed by atoms with Crippen molar-refractivity contribution in [3.05, 3.63) is 89.2 Å². The van der Waals surface area contributed by atoms with Gasteiger partial charge < -0.3 is 20.5 Å². The standard InChI is InChI=1S/C26H23FN2O5/c1-2-23(24(30)28-17-12-15(25(31)32)11-16(27)13-17)29-26(33)34-14-22-20-9-5-3-7-18(20)19-8-4-6-10-21(19)22/h3-13,22-23H,2,14H2,1H3,(H,28,30)(H,29,33)(H,31,32)/t23-/m0/s1. The van der Waals surface area contributed by atoms with Crippen molar-refractivity contribution in [2.24, 2.45) is 0 Å². The minimum absolute atomic E-state index is 0.0183. The molecule has 1 aliphatic carbocycles. The molecule has 34 heavy (non-hydrogen) atoms. The molecule has 0 saturated heterocycles. The Bertz CT molecular complexity index is 1210. The Balaban J connectivity index is 1.40. The number of benzene rings is 3. The third-order valence-corrected chi connectivity index (χ3v) is 5.77. The number of anilines is 1. The number of hydrogen-bond donors (Lipinski definition) is 3. The van der Waals surface area contributed by atoms with Gasteiger partial charge >= 0.3 is 12.1 Å². The SMILES string of the molecule is CC[C@H](NC(=O)OCC1c2ccccc2-c2ccccc21)C(=O)Nc1cc(F)cc(C(=O)O)c1. The van der Waals surface area contributed by atoms with Crippen LogP contribution in [-0.4, -0.2) is 35.7 Å². The number of nitrogens with one attached hydrogen (secondary N) is 2. The van der Waals surface area contributed by atoms with Crippen LogP contribution in [0.1, 0.15) is 40.7 Å². The van der Waals surface area contributed by atoms with Crippen molar-refractivity contribution < 1.29 is 28.6 Å². The van der Waals surface area contributed by atoms with E-state index in [1.54, 1.807) is 6.92 Å². The van der Waals surface area contributed by atoms with Crippen molar-refractivity contribution in [3.8, 4) is 11.1 Å². The molecule has 4 rings (SSSR count). The molecule has 3 N–H and O–H groups in total. The molecule has 2 amide bonds. The first-order chi connectivity index (χ1) is 16.4. The van der Waals surface area contributed by atoms with Gasteiger partial charge in [-0.25, -0.2) is 14.0 Å². The fraction of sp³-hybridized carbons (Fsp3) is 0.192. The van der Waals surface area contributed by atoms with Gasteiger partial charge in [0.2, 0.25) is 5.91 Å². The first kappa shape index (κ1) is 23.0. The van der Waals surface area contributed by atoms with Crippen LogP contribution < -0.4 is 10.6 Å². The van der Waals surface area contributed by atoms with Crippen LogP contribution in [0.2, 0.25) is 0 Å². The predicted molar refractivity (Wildman–Crippen MR) is 124 cm³/mol. The van der Waals surface area contributed by atoms with Gasteiger partial charge in [0.05, 0.1) is 5.56 Å². The first-order valence-electron chi connectivity index (χ1n) is 10.8. The Morgan fingerprint density at radius 2 is 1.62 bits per heavy atom. The second-order valence-electron chi connectivity index (χ2n) is 7.95. The number of alkyl carbamates (subject to hydrolysis) is 1. The molecule has 0 fully saturated rings. The maximum atomic E-state index is 13.7. The zero-order valence-electron chi connectivity index (χ0n) is 18.4. The Morgan fingerprint density at radius 1 is 1.00 bits per heavy atom. The summed E-state index contributed by atoms with van der Waals surface area (Å²) in [4.78, 5) is 36.2. The molecule has 1 aliphatic rings. The molecule has 0 spiro atoms. The van der Waals surface area contributed by atoms with Crippen LogP contribution in [0.3, 0.4) is 0 Å². The lowest BCUT2D eigenvalue weighted by molar-refractivity contribution is -0.118. The van der Waals surface area contributed by atoms with Gasteiger partial charge in [-0.05, 0) is 46.9 Å². The van der Waals surface area contributed by atoms with Crippen LogP contribution in [0.25, 0.3) is 11.1 Å². The van der Waals surface area contributed by atoms with E-state index in [4.69, 9.17) is 9.84 Å². The Hall–Kier alpha value is -4.20. The van der Waals surface area contributed by atoms with Gasteiger partial charge in [-0.3, -0.25) is 4.79 Å². The number of ether oxygens (including phenoxy) is 1. The number of fused-ring (bicyclic) bond motifs is 3. The molecule has 3 aromatic rings. The van der Waals surface area contributed by atoms with E-state index >= 15 is 0 Å². The number of halogens is 1. The molecule has 0 aromatic heterocycles. The summed E-state index contributed by atoms with van der Waals surface area (Å²) in [5.74, 6) is -2.85. The van der Waals surface area contributed by atoms with Crippen LogP contribution in [0.5, 0.6) is 0 Å². The minimum atomic E-state index is -1.32. The lowest BCUT2D eigenvalue weighted by atomic mass is 9.98. The highest BCUT2D eigenvalue weighted by Crippen LogP contribution is 2.44. The first-order valence-corrected chi connectivity index (χ1v) is 10.8. The summed E-state index contributed by atoms with van der Waals surface area (Å²) in [5, 5.41) is 14.0. The smallest absolute Gasteiger partial charge is 0.407 e. The number of aromatic carboxylic acids is 1. The maximum Gasteiger partial charge on any atom is 0.407 e. The lowest BCUT2D eigenvalue weighted by Crippen LogP contribution is -2.43. The van der Waals surface area contributed by atoms with Crippen LogP contribution in [0.4, 0.5) is 14.9 Å². The number of carbonyl (C=O) groups excluding carboxylic acids is 2. The normalized spacial score (nSPS) is 12.9. The van der Waals surface area contributed by atoms with Gasteiger partial charge in [0.1, 0.15) is 18.5 Å². The molecule has 0 bridgehead atoms. The minimum Gasteiger partial charge on any atom is -0.478 e. The monoisotopic (exact) mass is 462 g/mol. The van der Waals surface area contributed by atoms with Gasteiger partial charge in [-0.2, -0.15) is 0 Å². The highest BCUT2D eigenvalue weighted by atomic mass is 19.1. The zero-order valence-corrected chi connectivity index (χ0v) is 18.4. The van der Waals surface area contributed by atoms with E-state index in [-0.39, 0.29) is 30.2 Å². The molecule has 0 radical (unpaired) electrons. The third kappa shape index (κ3) is 4.76. The molecule has 7 nitrogen and oxygen atoms in total. The van der Waals surface area contributed by atoms with E-state index in [1.165, 1.54) is 0 Å². The fourth-order valence-electron chi connectivity index (χ4n) is 4.15. The summed E-state index contributed by atoms with van der Waals surface area (Å²) < 4.78 is 19.2. The molecule has 3 aromatic carbocycles. The van der Waals surface area contributed by atoms with E-state index < -0.39 is 29.8 Å². The molecule has 1 atom stereocenters. The molecule has 0 heterocycles. The summed E-state index contributed by atoms with van der Waals surface area (Å²) in [7, 11) is 0. The quantitative estimate of drug-likeness (QED) is 0.469. The molecular formula is C26H23FN2O5. The molecular weight excluding hydrogens is 439 g/mol. The van der Waals surface area contributed by atoms with Crippen molar-refractivity contribution in [1.82, 2.24) is 5.32 Å². The number of rotatable bonds is 7. The zero-order chi connectivity index (χ0) is 24.2. The summed E-state index contributed by atoms with van der Waals surface area (Å²) in [6.07, 6.45) is -0.508. The van der Waals surface area contributed by atoms with Crippen LogP contribution in [0.15, 0.2) is 66.7 Å². The fourth-order valence-corrected chi connectivity index (χ4v) is 4.15. The molecule has 0 unspecified atom stereocenters. The van der Waals surface area contributed by atoms with Gasteiger partial charge in [0, 0.05) is 11.6 Å². The van der Waals surface area contributed by atoms with Gasteiger partial charge in [-0.1, -0.05) is 55.5 Å². The van der Waals surface area contributed by atoms with Crippen molar-refractivity contribution in [3.63, 3.8) is 0 Å². The van der Waals surface area contributed by atoms with E-state index in [2.05, 4.69) is 10.6 Å². The highest BCUT2D eigenvalue weighted by molar-refractivity contribution is 5.98. The highest BCUT2D eigenvalue weighted by Gasteiger charge is 2.29. The van der Waals surface area contributed by atoms with E-state index in [0.29, 0.717) is 0 Å². The van der Waals surface area contributed by atoms with Gasteiger partial charge in [0.25, 0.3) is 0 Å². The van der Waals surface area contributed by atoms with Crippen LogP contribution in [-0.2, 0) is 9.53 Å². The van der Waals surface area contributed by atoms with Crippen LogP contribution in [0, 0.1) is 5.82 Å². The van der Waals surface area contributed by atoms with Gasteiger partial charge in [-0.15, -0.1) is 0 Å². The second-order valence-corrected chi connectivity index (χ2v) is 7.95. The van der Waals surface area contributed by atoms with Crippen molar-refractivity contribution in [2.75, 3.05) is 11.9 Å². The third-order valence-electron chi connectivity index (χ3n) is 5.77. The second kappa shape index (κ2) is 9.74. The molecule has 174 valence electrons. The maximum absolute atomic E-state index is 13.7. The number of amides is 2. The van der Waals surface area contributed by atoms with E-state index in [1.807, 2.05) is 48.5 Å². The Morgan fingerprint density at radius 3 is 2.21 bits per heavy atom. The van der Waals surface area contributed by atoms with E-state index in [9.17, 15) is 18.8 Å². The average molecular weight is 462 g/mol. The number of carboxylic acid groups (broad SMARTS) is 1. The van der Waals surface area contributed by atoms with Crippen LogP contribution >= 0.6 is 0 Å². The predicted octanol–water partition coefficient (Wildman–Crippen LogP) is 4.78. The molecule has 0 aliphatic heterocycles. The number of carboxylic acids is 1. The number of hydrogen-bond acceptors (Lipinski definition) is 4. The summed E-state index contributed by atoms with van der Waals surface area (Å²) in [5.41, 5.74) is 4.04. The van der Waals surface area contributed by atoms with Crippen molar-refractivity contribution >= 4 is 23.7 Å². The van der Waals surface area contributed by atoms with Gasteiger partial charge in [0.15, 0.2) is 0 Å².